The lowest BCUT2D eigenvalue weighted by Crippen LogP contribution is -2.36. The summed E-state index contributed by atoms with van der Waals surface area (Å²) in [4.78, 5) is 1.93. The zero-order chi connectivity index (χ0) is 15.3. The zero-order valence-corrected chi connectivity index (χ0v) is 12.2. The van der Waals surface area contributed by atoms with Crippen molar-refractivity contribution < 1.29 is 17.9 Å². The molecule has 118 valence electrons. The lowest BCUT2D eigenvalue weighted by atomic mass is 10.0. The van der Waals surface area contributed by atoms with Crippen molar-refractivity contribution in [3.05, 3.63) is 29.3 Å². The Hall–Kier alpha value is -1.27. The molecule has 1 aromatic rings. The number of anilines is 1. The first kappa shape index (κ1) is 16.1. The molecule has 0 saturated carbocycles. The van der Waals surface area contributed by atoms with Crippen LogP contribution in [0.5, 0.6) is 0 Å². The van der Waals surface area contributed by atoms with Crippen molar-refractivity contribution in [2.24, 2.45) is 0 Å². The topological polar surface area (TPSA) is 24.5 Å². The Labute approximate surface area is 123 Å². The number of ether oxygens (including phenoxy) is 1. The van der Waals surface area contributed by atoms with E-state index in [1.54, 1.807) is 12.1 Å². The maximum absolute atomic E-state index is 13.2. The van der Waals surface area contributed by atoms with Crippen molar-refractivity contribution in [2.45, 2.75) is 26.1 Å². The highest BCUT2D eigenvalue weighted by atomic mass is 19.4. The molecule has 21 heavy (non-hydrogen) atoms. The summed E-state index contributed by atoms with van der Waals surface area (Å²) in [5.74, 6) is 0. The average molecular weight is 302 g/mol. The van der Waals surface area contributed by atoms with Crippen molar-refractivity contribution in [2.75, 3.05) is 37.7 Å². The van der Waals surface area contributed by atoms with Gasteiger partial charge in [0.15, 0.2) is 0 Å². The van der Waals surface area contributed by atoms with E-state index in [1.807, 2.05) is 11.8 Å². The summed E-state index contributed by atoms with van der Waals surface area (Å²) >= 11 is 0. The molecule has 0 unspecified atom stereocenters. The van der Waals surface area contributed by atoms with E-state index in [2.05, 4.69) is 5.32 Å². The van der Waals surface area contributed by atoms with E-state index in [1.165, 1.54) is 6.07 Å². The van der Waals surface area contributed by atoms with Crippen LogP contribution in [0.25, 0.3) is 0 Å². The van der Waals surface area contributed by atoms with Gasteiger partial charge in [-0.05, 0) is 30.7 Å². The summed E-state index contributed by atoms with van der Waals surface area (Å²) in [6.45, 7) is 5.31. The quantitative estimate of drug-likeness (QED) is 0.846. The molecule has 0 amide bonds. The van der Waals surface area contributed by atoms with Crippen LogP contribution in [0.15, 0.2) is 18.2 Å². The second-order valence-corrected chi connectivity index (χ2v) is 5.12. The number of hydrogen-bond donors (Lipinski definition) is 1. The van der Waals surface area contributed by atoms with E-state index in [9.17, 15) is 13.2 Å². The molecule has 0 bridgehead atoms. The largest absolute Gasteiger partial charge is 0.416 e. The van der Waals surface area contributed by atoms with Crippen molar-refractivity contribution in [3.8, 4) is 0 Å². The van der Waals surface area contributed by atoms with E-state index < -0.39 is 11.7 Å². The van der Waals surface area contributed by atoms with E-state index in [-0.39, 0.29) is 6.54 Å². The second kappa shape index (κ2) is 7.13. The van der Waals surface area contributed by atoms with Crippen LogP contribution < -0.4 is 10.2 Å². The molecule has 0 atom stereocenters. The number of morpholine rings is 1. The van der Waals surface area contributed by atoms with Crippen molar-refractivity contribution in [3.63, 3.8) is 0 Å². The van der Waals surface area contributed by atoms with E-state index in [4.69, 9.17) is 4.74 Å². The highest BCUT2D eigenvalue weighted by Gasteiger charge is 2.33. The standard InChI is InChI=1S/C15H21F3N2O/c1-2-5-19-11-12-3-4-13(10-14(12)15(16,17)18)20-6-8-21-9-7-20/h3-4,10,19H,2,5-9,11H2,1H3. The third-order valence-corrected chi connectivity index (χ3v) is 3.52. The molecular formula is C15H21F3N2O. The van der Waals surface area contributed by atoms with Gasteiger partial charge in [0, 0.05) is 25.3 Å². The fourth-order valence-electron chi connectivity index (χ4n) is 2.40. The molecule has 0 spiro atoms. The van der Waals surface area contributed by atoms with Gasteiger partial charge in [-0.2, -0.15) is 13.2 Å². The van der Waals surface area contributed by atoms with Gasteiger partial charge in [-0.15, -0.1) is 0 Å². The van der Waals surface area contributed by atoms with Crippen LogP contribution in [0.4, 0.5) is 18.9 Å². The van der Waals surface area contributed by atoms with Gasteiger partial charge in [-0.1, -0.05) is 13.0 Å². The first-order valence-electron chi connectivity index (χ1n) is 7.26. The maximum atomic E-state index is 13.2. The van der Waals surface area contributed by atoms with Crippen LogP contribution in [-0.4, -0.2) is 32.8 Å². The van der Waals surface area contributed by atoms with Gasteiger partial charge >= 0.3 is 6.18 Å². The minimum atomic E-state index is -4.33. The molecule has 1 aliphatic rings. The fraction of sp³-hybridized carbons (Fsp3) is 0.600. The minimum Gasteiger partial charge on any atom is -0.378 e. The lowest BCUT2D eigenvalue weighted by molar-refractivity contribution is -0.138. The molecule has 6 heteroatoms. The fourth-order valence-corrected chi connectivity index (χ4v) is 2.40. The zero-order valence-electron chi connectivity index (χ0n) is 12.2. The molecule has 1 aromatic carbocycles. The maximum Gasteiger partial charge on any atom is 0.416 e. The highest BCUT2D eigenvalue weighted by Crippen LogP contribution is 2.34. The number of halogens is 3. The Morgan fingerprint density at radius 2 is 1.95 bits per heavy atom. The number of hydrogen-bond acceptors (Lipinski definition) is 3. The Kier molecular flexibility index (Phi) is 5.47. The molecule has 0 aromatic heterocycles. The van der Waals surface area contributed by atoms with Gasteiger partial charge in [0.25, 0.3) is 0 Å². The van der Waals surface area contributed by atoms with Crippen LogP contribution in [-0.2, 0) is 17.5 Å². The van der Waals surface area contributed by atoms with Gasteiger partial charge in [-0.3, -0.25) is 0 Å². The molecule has 1 aliphatic heterocycles. The Morgan fingerprint density at radius 1 is 1.24 bits per heavy atom. The smallest absolute Gasteiger partial charge is 0.378 e. The number of alkyl halides is 3. The SMILES string of the molecule is CCCNCc1ccc(N2CCOCC2)cc1C(F)(F)F. The average Bonchev–Trinajstić information content (AvgIpc) is 2.47. The third-order valence-electron chi connectivity index (χ3n) is 3.52. The summed E-state index contributed by atoms with van der Waals surface area (Å²) in [5, 5.41) is 3.03. The lowest BCUT2D eigenvalue weighted by Gasteiger charge is -2.29. The molecule has 0 aliphatic carbocycles. The molecule has 0 radical (unpaired) electrons. The van der Waals surface area contributed by atoms with Crippen molar-refractivity contribution in [1.29, 1.82) is 0 Å². The number of rotatable bonds is 5. The first-order chi connectivity index (χ1) is 10.0. The van der Waals surface area contributed by atoms with Gasteiger partial charge < -0.3 is 15.0 Å². The number of nitrogens with one attached hydrogen (secondary N) is 1. The van der Waals surface area contributed by atoms with E-state index in [0.717, 1.165) is 6.42 Å². The molecule has 1 fully saturated rings. The predicted molar refractivity (Wildman–Crippen MR) is 76.5 cm³/mol. The predicted octanol–water partition coefficient (Wildman–Crippen LogP) is 3.04. The van der Waals surface area contributed by atoms with Crippen molar-refractivity contribution >= 4 is 5.69 Å². The highest BCUT2D eigenvalue weighted by molar-refractivity contribution is 5.52. The Morgan fingerprint density at radius 3 is 2.57 bits per heavy atom. The number of nitrogens with zero attached hydrogens (tertiary/aromatic N) is 1. The molecule has 1 saturated heterocycles. The molecule has 1 N–H and O–H groups in total. The van der Waals surface area contributed by atoms with Crippen LogP contribution in [0, 0.1) is 0 Å². The molecule has 1 heterocycles. The van der Waals surface area contributed by atoms with Crippen molar-refractivity contribution in [1.82, 2.24) is 5.32 Å². The van der Waals surface area contributed by atoms with Crippen LogP contribution in [0.1, 0.15) is 24.5 Å². The monoisotopic (exact) mass is 302 g/mol. The van der Waals surface area contributed by atoms with Crippen LogP contribution >= 0.6 is 0 Å². The summed E-state index contributed by atoms with van der Waals surface area (Å²) in [6, 6.07) is 4.61. The Balaban J connectivity index is 2.21. The van der Waals surface area contributed by atoms with Crippen LogP contribution in [0.2, 0.25) is 0 Å². The Bertz CT molecular complexity index is 457. The third kappa shape index (κ3) is 4.35. The van der Waals surface area contributed by atoms with Crippen LogP contribution in [0.3, 0.4) is 0 Å². The molecule has 2 rings (SSSR count). The normalized spacial score (nSPS) is 16.3. The summed E-state index contributed by atoms with van der Waals surface area (Å²) < 4.78 is 44.9. The summed E-state index contributed by atoms with van der Waals surface area (Å²) in [6.07, 6.45) is -3.43. The number of benzene rings is 1. The van der Waals surface area contributed by atoms with Gasteiger partial charge in [0.2, 0.25) is 0 Å². The molecule has 3 nitrogen and oxygen atoms in total. The summed E-state index contributed by atoms with van der Waals surface area (Å²) in [7, 11) is 0. The van der Waals surface area contributed by atoms with Gasteiger partial charge in [0.1, 0.15) is 0 Å². The van der Waals surface area contributed by atoms with Gasteiger partial charge in [0.05, 0.1) is 18.8 Å². The first-order valence-corrected chi connectivity index (χ1v) is 7.26. The van der Waals surface area contributed by atoms with E-state index >= 15 is 0 Å². The summed E-state index contributed by atoms with van der Waals surface area (Å²) in [5.41, 5.74) is 0.368. The molecular weight excluding hydrogens is 281 g/mol. The van der Waals surface area contributed by atoms with Gasteiger partial charge in [-0.25, -0.2) is 0 Å². The minimum absolute atomic E-state index is 0.242. The second-order valence-electron chi connectivity index (χ2n) is 5.12. The van der Waals surface area contributed by atoms with E-state index in [0.29, 0.717) is 44.1 Å².